The molecular formula is C19H18N2O4S. The molecule has 0 aliphatic carbocycles. The zero-order chi connectivity index (χ0) is 18.7. The second kappa shape index (κ2) is 7.13. The Kier molecular flexibility index (Phi) is 4.90. The van der Waals surface area contributed by atoms with Crippen LogP contribution in [0.15, 0.2) is 65.6 Å². The molecule has 0 saturated carbocycles. The minimum absolute atomic E-state index is 0.203. The topological polar surface area (TPSA) is 78.3 Å². The monoisotopic (exact) mass is 370 g/mol. The molecule has 134 valence electrons. The van der Waals surface area contributed by atoms with Gasteiger partial charge in [-0.2, -0.15) is 5.10 Å². The predicted octanol–water partition coefficient (Wildman–Crippen LogP) is 3.12. The Hall–Kier alpha value is -2.93. The summed E-state index contributed by atoms with van der Waals surface area (Å²) in [4.78, 5) is 12.5. The first kappa shape index (κ1) is 17.9. The average molecular weight is 370 g/mol. The lowest BCUT2D eigenvalue weighted by Gasteiger charge is -2.07. The molecule has 0 atom stereocenters. The van der Waals surface area contributed by atoms with E-state index in [1.54, 1.807) is 25.1 Å². The molecule has 0 aliphatic rings. The SMILES string of the molecule is CCOC(=O)c1cc(-c2ccccc2)nn1-c1ccc(S(C)(=O)=O)cc1. The molecule has 1 heterocycles. The molecule has 0 unspecified atom stereocenters. The highest BCUT2D eigenvalue weighted by Crippen LogP contribution is 2.23. The molecule has 7 heteroatoms. The summed E-state index contributed by atoms with van der Waals surface area (Å²) in [5, 5.41) is 4.51. The number of benzene rings is 2. The molecule has 0 N–H and O–H groups in total. The van der Waals surface area contributed by atoms with Crippen LogP contribution in [0.2, 0.25) is 0 Å². The molecule has 0 aliphatic heterocycles. The third-order valence-corrected chi connectivity index (χ3v) is 4.90. The van der Waals surface area contributed by atoms with Crippen molar-refractivity contribution < 1.29 is 17.9 Å². The number of aromatic nitrogens is 2. The first-order valence-electron chi connectivity index (χ1n) is 8.03. The molecule has 0 amide bonds. The molecule has 3 rings (SSSR count). The Morgan fingerprint density at radius 1 is 1.08 bits per heavy atom. The molecule has 0 fully saturated rings. The quantitative estimate of drug-likeness (QED) is 0.645. The van der Waals surface area contributed by atoms with Crippen LogP contribution in [0.5, 0.6) is 0 Å². The second-order valence-electron chi connectivity index (χ2n) is 5.68. The molecule has 26 heavy (non-hydrogen) atoms. The second-order valence-corrected chi connectivity index (χ2v) is 7.69. The van der Waals surface area contributed by atoms with Crippen molar-refractivity contribution in [3.8, 4) is 16.9 Å². The normalized spacial score (nSPS) is 11.3. The third kappa shape index (κ3) is 3.67. The molecule has 0 bridgehead atoms. The van der Waals surface area contributed by atoms with E-state index in [-0.39, 0.29) is 17.2 Å². The van der Waals surface area contributed by atoms with Gasteiger partial charge in [-0.25, -0.2) is 17.9 Å². The first-order valence-corrected chi connectivity index (χ1v) is 9.92. The Morgan fingerprint density at radius 3 is 2.31 bits per heavy atom. The fourth-order valence-corrected chi connectivity index (χ4v) is 3.14. The molecule has 1 aromatic heterocycles. The van der Waals surface area contributed by atoms with E-state index in [1.165, 1.54) is 16.8 Å². The average Bonchev–Trinajstić information content (AvgIpc) is 3.07. The fourth-order valence-electron chi connectivity index (χ4n) is 2.51. The first-order chi connectivity index (χ1) is 12.4. The van der Waals surface area contributed by atoms with Crippen molar-refractivity contribution in [3.63, 3.8) is 0 Å². The summed E-state index contributed by atoms with van der Waals surface area (Å²) < 4.78 is 29.9. The van der Waals surface area contributed by atoms with E-state index in [2.05, 4.69) is 5.10 Å². The van der Waals surface area contributed by atoms with Crippen LogP contribution in [0.25, 0.3) is 16.9 Å². The summed E-state index contributed by atoms with van der Waals surface area (Å²) in [6, 6.07) is 17.3. The summed E-state index contributed by atoms with van der Waals surface area (Å²) in [6.07, 6.45) is 1.15. The number of sulfone groups is 1. The van der Waals surface area contributed by atoms with Crippen molar-refractivity contribution >= 4 is 15.8 Å². The summed E-state index contributed by atoms with van der Waals surface area (Å²) in [5.41, 5.74) is 2.34. The lowest BCUT2D eigenvalue weighted by molar-refractivity contribution is 0.0515. The van der Waals surface area contributed by atoms with E-state index in [1.807, 2.05) is 30.3 Å². The summed E-state index contributed by atoms with van der Waals surface area (Å²) in [5.74, 6) is -0.491. The van der Waals surface area contributed by atoms with E-state index in [0.717, 1.165) is 11.8 Å². The van der Waals surface area contributed by atoms with Gasteiger partial charge in [0, 0.05) is 11.8 Å². The van der Waals surface area contributed by atoms with Gasteiger partial charge in [0.25, 0.3) is 0 Å². The van der Waals surface area contributed by atoms with E-state index < -0.39 is 15.8 Å². The van der Waals surface area contributed by atoms with Crippen LogP contribution < -0.4 is 0 Å². The number of carbonyl (C=O) groups excluding carboxylic acids is 1. The van der Waals surface area contributed by atoms with Gasteiger partial charge >= 0.3 is 5.97 Å². The van der Waals surface area contributed by atoms with E-state index in [4.69, 9.17) is 4.74 Å². The number of ether oxygens (including phenoxy) is 1. The molecule has 0 radical (unpaired) electrons. The number of hydrogen-bond donors (Lipinski definition) is 0. The van der Waals surface area contributed by atoms with Crippen molar-refractivity contribution in [2.24, 2.45) is 0 Å². The zero-order valence-electron chi connectivity index (χ0n) is 14.4. The number of nitrogens with zero attached hydrogens (tertiary/aromatic N) is 2. The lowest BCUT2D eigenvalue weighted by atomic mass is 10.1. The number of rotatable bonds is 5. The van der Waals surface area contributed by atoms with E-state index >= 15 is 0 Å². The van der Waals surface area contributed by atoms with Crippen LogP contribution in [0.4, 0.5) is 0 Å². The Labute approximate surface area is 152 Å². The van der Waals surface area contributed by atoms with Crippen LogP contribution in [0, 0.1) is 0 Å². The number of hydrogen-bond acceptors (Lipinski definition) is 5. The van der Waals surface area contributed by atoms with Crippen molar-refractivity contribution in [1.29, 1.82) is 0 Å². The van der Waals surface area contributed by atoms with Gasteiger partial charge in [-0.3, -0.25) is 0 Å². The lowest BCUT2D eigenvalue weighted by Crippen LogP contribution is -2.12. The molecule has 3 aromatic rings. The van der Waals surface area contributed by atoms with E-state index in [9.17, 15) is 13.2 Å². The van der Waals surface area contributed by atoms with Crippen LogP contribution >= 0.6 is 0 Å². The maximum absolute atomic E-state index is 12.3. The minimum atomic E-state index is -3.30. The van der Waals surface area contributed by atoms with Crippen LogP contribution in [-0.4, -0.2) is 37.0 Å². The molecule has 0 saturated heterocycles. The summed E-state index contributed by atoms with van der Waals surface area (Å²) in [7, 11) is -3.30. The van der Waals surface area contributed by atoms with Gasteiger partial charge < -0.3 is 4.74 Å². The van der Waals surface area contributed by atoms with Crippen molar-refractivity contribution in [2.75, 3.05) is 12.9 Å². The Bertz CT molecular complexity index is 1020. The van der Waals surface area contributed by atoms with Crippen molar-refractivity contribution in [3.05, 3.63) is 66.4 Å². The molecular weight excluding hydrogens is 352 g/mol. The number of carbonyl (C=O) groups is 1. The Balaban J connectivity index is 2.10. The molecule has 2 aromatic carbocycles. The highest BCUT2D eigenvalue weighted by Gasteiger charge is 2.19. The van der Waals surface area contributed by atoms with Crippen molar-refractivity contribution in [1.82, 2.24) is 9.78 Å². The van der Waals surface area contributed by atoms with Gasteiger partial charge in [-0.15, -0.1) is 0 Å². The van der Waals surface area contributed by atoms with Crippen LogP contribution in [-0.2, 0) is 14.6 Å². The van der Waals surface area contributed by atoms with Crippen LogP contribution in [0.1, 0.15) is 17.4 Å². The van der Waals surface area contributed by atoms with Crippen LogP contribution in [0.3, 0.4) is 0 Å². The largest absolute Gasteiger partial charge is 0.461 e. The van der Waals surface area contributed by atoms with Gasteiger partial charge in [0.15, 0.2) is 15.5 Å². The maximum Gasteiger partial charge on any atom is 0.357 e. The molecule has 0 spiro atoms. The number of esters is 1. The highest BCUT2D eigenvalue weighted by atomic mass is 32.2. The van der Waals surface area contributed by atoms with Gasteiger partial charge in [-0.1, -0.05) is 30.3 Å². The molecule has 6 nitrogen and oxygen atoms in total. The zero-order valence-corrected chi connectivity index (χ0v) is 15.2. The predicted molar refractivity (Wildman–Crippen MR) is 98.1 cm³/mol. The third-order valence-electron chi connectivity index (χ3n) is 3.77. The Morgan fingerprint density at radius 2 is 1.73 bits per heavy atom. The standard InChI is InChI=1S/C19H18N2O4S/c1-3-25-19(22)18-13-17(14-7-5-4-6-8-14)20-21(18)15-9-11-16(12-10-15)26(2,23)24/h4-13H,3H2,1-2H3. The minimum Gasteiger partial charge on any atom is -0.461 e. The van der Waals surface area contributed by atoms with Crippen molar-refractivity contribution in [2.45, 2.75) is 11.8 Å². The van der Waals surface area contributed by atoms with Gasteiger partial charge in [-0.05, 0) is 37.3 Å². The maximum atomic E-state index is 12.3. The fraction of sp³-hybridized carbons (Fsp3) is 0.158. The summed E-state index contributed by atoms with van der Waals surface area (Å²) in [6.45, 7) is 1.98. The highest BCUT2D eigenvalue weighted by molar-refractivity contribution is 7.90. The van der Waals surface area contributed by atoms with Gasteiger partial charge in [0.1, 0.15) is 0 Å². The van der Waals surface area contributed by atoms with E-state index in [0.29, 0.717) is 11.4 Å². The van der Waals surface area contributed by atoms with Gasteiger partial charge in [0.2, 0.25) is 0 Å². The summed E-state index contributed by atoms with van der Waals surface area (Å²) >= 11 is 0. The smallest absolute Gasteiger partial charge is 0.357 e. The van der Waals surface area contributed by atoms with Gasteiger partial charge in [0.05, 0.1) is 22.9 Å².